The normalized spacial score (nSPS) is 13.5. The van der Waals surface area contributed by atoms with Crippen LogP contribution in [0.1, 0.15) is 28.8 Å². The third-order valence-electron chi connectivity index (χ3n) is 7.85. The van der Waals surface area contributed by atoms with Crippen LogP contribution in [0.2, 0.25) is 0 Å². The number of ketones is 1. The van der Waals surface area contributed by atoms with E-state index in [4.69, 9.17) is 4.74 Å². The second kappa shape index (κ2) is 14.7. The lowest BCUT2D eigenvalue weighted by Gasteiger charge is -2.26. The topological polar surface area (TPSA) is 137 Å². The molecule has 5 aromatic rings. The zero-order chi connectivity index (χ0) is 32.6. The van der Waals surface area contributed by atoms with Crippen molar-refractivity contribution in [1.29, 1.82) is 5.26 Å². The Kier molecular flexibility index (Phi) is 9.99. The summed E-state index contributed by atoms with van der Waals surface area (Å²) in [5.41, 5.74) is 4.12. The van der Waals surface area contributed by atoms with Crippen molar-refractivity contribution in [1.82, 2.24) is 19.6 Å². The van der Waals surface area contributed by atoms with Gasteiger partial charge in [0.2, 0.25) is 5.13 Å². The molecular weight excluding hydrogens is 633 g/mol. The van der Waals surface area contributed by atoms with Crippen molar-refractivity contribution >= 4 is 32.5 Å². The van der Waals surface area contributed by atoms with Crippen molar-refractivity contribution in [2.75, 3.05) is 37.4 Å². The molecule has 10 nitrogen and oxygen atoms in total. The molecule has 0 spiro atoms. The summed E-state index contributed by atoms with van der Waals surface area (Å²) >= 11 is 0.904. The second-order valence-electron chi connectivity index (χ2n) is 11.0. The molecule has 1 aromatic heterocycles. The molecule has 0 bridgehead atoms. The van der Waals surface area contributed by atoms with Gasteiger partial charge in [-0.25, -0.2) is 13.4 Å². The quantitative estimate of drug-likeness (QED) is 0.149. The molecular formula is C35H32N6O4S2. The number of piperazine rings is 1. The second-order valence-corrected chi connectivity index (χ2v) is 13.5. The molecule has 1 saturated heterocycles. The number of nitrogens with one attached hydrogen (secondary N) is 2. The van der Waals surface area contributed by atoms with Gasteiger partial charge in [0.05, 0.1) is 10.5 Å². The minimum Gasteiger partial charge on any atom is -0.455 e. The number of benzene rings is 4. The summed E-state index contributed by atoms with van der Waals surface area (Å²) in [6.45, 7) is 4.84. The molecule has 6 rings (SSSR count). The van der Waals surface area contributed by atoms with Crippen LogP contribution in [0.25, 0.3) is 22.3 Å². The van der Waals surface area contributed by atoms with Gasteiger partial charge in [-0.1, -0.05) is 54.6 Å². The molecule has 2 heterocycles. The summed E-state index contributed by atoms with van der Waals surface area (Å²) in [6.07, 6.45) is 2.50. The Balaban J connectivity index is 1.29. The molecule has 0 radical (unpaired) electrons. The van der Waals surface area contributed by atoms with Gasteiger partial charge in [-0.3, -0.25) is 9.52 Å². The van der Waals surface area contributed by atoms with Gasteiger partial charge in [0.25, 0.3) is 10.0 Å². The largest absolute Gasteiger partial charge is 0.455 e. The van der Waals surface area contributed by atoms with Crippen LogP contribution in [0.15, 0.2) is 102 Å². The molecule has 0 aliphatic carbocycles. The number of Topliss-reactive ketones (excluding diaryl/α,β-unsaturated/α-hetero) is 1. The molecule has 1 aliphatic heterocycles. The van der Waals surface area contributed by atoms with Crippen molar-refractivity contribution in [3.63, 3.8) is 0 Å². The SMILES string of the molecule is N#Cc1cc(S(=O)(=O)Nc2ncns2)ccc1Oc1ccc(-c2ccccc2)cc1-c1cccc(C(=O)CCCN2CCNCC2)c1. The van der Waals surface area contributed by atoms with E-state index in [1.807, 2.05) is 72.8 Å². The number of sulfonamides is 1. The highest BCUT2D eigenvalue weighted by molar-refractivity contribution is 7.93. The van der Waals surface area contributed by atoms with E-state index in [9.17, 15) is 18.5 Å². The lowest BCUT2D eigenvalue weighted by Crippen LogP contribution is -2.43. The lowest BCUT2D eigenvalue weighted by atomic mass is 9.95. The molecule has 0 amide bonds. The van der Waals surface area contributed by atoms with Crippen molar-refractivity contribution in [2.24, 2.45) is 0 Å². The van der Waals surface area contributed by atoms with Crippen LogP contribution in [0.3, 0.4) is 0 Å². The first-order chi connectivity index (χ1) is 22.9. The highest BCUT2D eigenvalue weighted by Gasteiger charge is 2.20. The summed E-state index contributed by atoms with van der Waals surface area (Å²) in [5.74, 6) is 0.720. The maximum absolute atomic E-state index is 13.3. The molecule has 0 atom stereocenters. The van der Waals surface area contributed by atoms with Crippen LogP contribution in [-0.4, -0.2) is 61.2 Å². The first-order valence-corrected chi connectivity index (χ1v) is 17.4. The smallest absolute Gasteiger partial charge is 0.263 e. The number of anilines is 1. The van der Waals surface area contributed by atoms with E-state index in [2.05, 4.69) is 30.4 Å². The fourth-order valence-electron chi connectivity index (χ4n) is 5.42. The monoisotopic (exact) mass is 664 g/mol. The number of aromatic nitrogens is 2. The zero-order valence-electron chi connectivity index (χ0n) is 25.4. The molecule has 4 aromatic carbocycles. The molecule has 1 aliphatic rings. The van der Waals surface area contributed by atoms with Gasteiger partial charge in [0.15, 0.2) is 5.78 Å². The molecule has 238 valence electrons. The summed E-state index contributed by atoms with van der Waals surface area (Å²) in [5, 5.41) is 13.4. The fraction of sp³-hybridized carbons (Fsp3) is 0.200. The van der Waals surface area contributed by atoms with Gasteiger partial charge in [0, 0.05) is 55.3 Å². The highest BCUT2D eigenvalue weighted by atomic mass is 32.2. The van der Waals surface area contributed by atoms with Gasteiger partial charge in [-0.05, 0) is 66.1 Å². The number of rotatable bonds is 12. The van der Waals surface area contributed by atoms with Crippen molar-refractivity contribution in [3.8, 4) is 39.8 Å². The molecule has 47 heavy (non-hydrogen) atoms. The number of carbonyl (C=O) groups is 1. The Bertz CT molecular complexity index is 2010. The third kappa shape index (κ3) is 7.90. The van der Waals surface area contributed by atoms with Gasteiger partial charge in [-0.2, -0.15) is 9.64 Å². The number of nitrogens with zero attached hydrogens (tertiary/aromatic N) is 4. The third-order valence-corrected chi connectivity index (χ3v) is 9.90. The fourth-order valence-corrected chi connectivity index (χ4v) is 7.11. The predicted octanol–water partition coefficient (Wildman–Crippen LogP) is 6.20. The first kappa shape index (κ1) is 32.0. The Morgan fingerprint density at radius 2 is 1.72 bits per heavy atom. The van der Waals surface area contributed by atoms with Crippen molar-refractivity contribution < 1.29 is 17.9 Å². The van der Waals surface area contributed by atoms with Crippen LogP contribution in [0, 0.1) is 11.3 Å². The average Bonchev–Trinajstić information content (AvgIpc) is 3.62. The van der Waals surface area contributed by atoms with Crippen molar-refractivity contribution in [3.05, 3.63) is 108 Å². The molecule has 2 N–H and O–H groups in total. The van der Waals surface area contributed by atoms with Crippen LogP contribution in [0.4, 0.5) is 5.13 Å². The van der Waals surface area contributed by atoms with E-state index in [0.29, 0.717) is 17.7 Å². The molecule has 1 fully saturated rings. The zero-order valence-corrected chi connectivity index (χ0v) is 27.1. The summed E-state index contributed by atoms with van der Waals surface area (Å²) < 4.78 is 38.4. The van der Waals surface area contributed by atoms with Crippen LogP contribution in [0.5, 0.6) is 11.5 Å². The first-order valence-electron chi connectivity index (χ1n) is 15.2. The van der Waals surface area contributed by atoms with Gasteiger partial charge in [0.1, 0.15) is 23.9 Å². The maximum Gasteiger partial charge on any atom is 0.263 e. The van der Waals surface area contributed by atoms with Crippen LogP contribution >= 0.6 is 11.5 Å². The Hall–Kier alpha value is -4.93. The Morgan fingerprint density at radius 1 is 0.936 bits per heavy atom. The predicted molar refractivity (Wildman–Crippen MR) is 182 cm³/mol. The number of hydrogen-bond donors (Lipinski definition) is 2. The minimum absolute atomic E-state index is 0.0386. The summed E-state index contributed by atoms with van der Waals surface area (Å²) in [6, 6.07) is 29.3. The Labute approximate surface area is 277 Å². The van der Waals surface area contributed by atoms with Gasteiger partial charge < -0.3 is 15.0 Å². The van der Waals surface area contributed by atoms with Gasteiger partial charge >= 0.3 is 0 Å². The van der Waals surface area contributed by atoms with E-state index in [-0.39, 0.29) is 27.1 Å². The lowest BCUT2D eigenvalue weighted by molar-refractivity contribution is 0.0973. The van der Waals surface area contributed by atoms with Crippen molar-refractivity contribution in [2.45, 2.75) is 17.7 Å². The summed E-state index contributed by atoms with van der Waals surface area (Å²) in [4.78, 5) is 19.4. The molecule has 0 saturated carbocycles. The molecule has 12 heteroatoms. The Morgan fingerprint density at radius 3 is 2.49 bits per heavy atom. The number of carbonyl (C=O) groups excluding carboxylic acids is 1. The number of nitriles is 1. The average molecular weight is 665 g/mol. The summed E-state index contributed by atoms with van der Waals surface area (Å²) in [7, 11) is -4.01. The van der Waals surface area contributed by atoms with E-state index >= 15 is 0 Å². The standard InChI is InChI=1S/C35H32N6O4S2/c36-23-29-21-30(47(43,44)40-35-38-24-39-46-35)12-14-33(29)45-34-13-11-26(25-6-2-1-3-7-25)22-31(34)27-8-4-9-28(20-27)32(42)10-5-17-41-18-15-37-16-19-41/h1-4,6-9,11-14,20-22,24,37H,5,10,15-19H2,(H,38,39,40). The van der Waals surface area contributed by atoms with Crippen LogP contribution < -0.4 is 14.8 Å². The molecule has 0 unspecified atom stereocenters. The highest BCUT2D eigenvalue weighted by Crippen LogP contribution is 2.38. The van der Waals surface area contributed by atoms with E-state index < -0.39 is 10.0 Å². The van der Waals surface area contributed by atoms with E-state index in [1.165, 1.54) is 24.5 Å². The maximum atomic E-state index is 13.3. The van der Waals surface area contributed by atoms with E-state index in [0.717, 1.165) is 72.9 Å². The van der Waals surface area contributed by atoms with Gasteiger partial charge in [-0.15, -0.1) is 0 Å². The van der Waals surface area contributed by atoms with Crippen LogP contribution in [-0.2, 0) is 10.0 Å². The number of ether oxygens (including phenoxy) is 1. The minimum atomic E-state index is -4.01. The van der Waals surface area contributed by atoms with E-state index in [1.54, 1.807) is 0 Å². The number of hydrogen-bond acceptors (Lipinski definition) is 10.